The molecule has 3 aromatic rings. The van der Waals surface area contributed by atoms with Gasteiger partial charge in [-0.05, 0) is 48.2 Å². The molecule has 7 nitrogen and oxygen atoms in total. The van der Waals surface area contributed by atoms with Crippen molar-refractivity contribution in [1.29, 1.82) is 0 Å². The second-order valence-corrected chi connectivity index (χ2v) is 13.9. The van der Waals surface area contributed by atoms with Crippen molar-refractivity contribution < 1.29 is 18.0 Å². The second-order valence-electron chi connectivity index (χ2n) is 10.3. The largest absolute Gasteiger partial charge is 0.352 e. The highest BCUT2D eigenvalue weighted by Gasteiger charge is 2.34. The highest BCUT2D eigenvalue weighted by Crippen LogP contribution is 2.36. The van der Waals surface area contributed by atoms with Crippen LogP contribution in [0.2, 0.25) is 20.1 Å². The first kappa shape index (κ1) is 32.4. The molecule has 0 saturated heterocycles. The molecule has 2 amide bonds. The Morgan fingerprint density at radius 2 is 1.50 bits per heavy atom. The first-order chi connectivity index (χ1) is 19.9. The molecule has 42 heavy (non-hydrogen) atoms. The molecule has 0 aromatic heterocycles. The van der Waals surface area contributed by atoms with E-state index in [0.717, 1.165) is 47.4 Å². The van der Waals surface area contributed by atoms with Gasteiger partial charge in [0.05, 0.1) is 27.0 Å². The lowest BCUT2D eigenvalue weighted by atomic mass is 10.0. The van der Waals surface area contributed by atoms with E-state index in [9.17, 15) is 18.0 Å². The van der Waals surface area contributed by atoms with E-state index >= 15 is 0 Å². The summed E-state index contributed by atoms with van der Waals surface area (Å²) in [6.07, 6.45) is 4.98. The van der Waals surface area contributed by atoms with Crippen molar-refractivity contribution in [2.24, 2.45) is 0 Å². The maximum absolute atomic E-state index is 14.2. The maximum atomic E-state index is 14.2. The Morgan fingerprint density at radius 1 is 0.881 bits per heavy atom. The third-order valence-corrected chi connectivity index (χ3v) is 9.58. The van der Waals surface area contributed by atoms with Crippen LogP contribution in [0, 0.1) is 0 Å². The summed E-state index contributed by atoms with van der Waals surface area (Å²) in [5, 5.41) is 3.87. The number of nitrogens with zero attached hydrogens (tertiary/aromatic N) is 2. The van der Waals surface area contributed by atoms with Crippen LogP contribution in [0.25, 0.3) is 0 Å². The Labute approximate surface area is 266 Å². The Bertz CT molecular complexity index is 1520. The fraction of sp³-hybridized carbons (Fsp3) is 0.333. The molecule has 0 bridgehead atoms. The molecule has 1 N–H and O–H groups in total. The highest BCUT2D eigenvalue weighted by atomic mass is 35.5. The molecule has 1 aliphatic carbocycles. The van der Waals surface area contributed by atoms with Gasteiger partial charge in [0.15, 0.2) is 0 Å². The number of amides is 2. The van der Waals surface area contributed by atoms with Crippen LogP contribution in [0.3, 0.4) is 0 Å². The SMILES string of the molecule is CS(=O)(=O)N(CC(=O)N(Cc1ccc(Cl)cc1)[C@H](Cc1ccccc1)C(=O)NC1CCCC1)c1cc(Cl)c(Cl)cc1Cl. The van der Waals surface area contributed by atoms with Crippen molar-refractivity contribution >= 4 is 73.9 Å². The average Bonchev–Trinajstić information content (AvgIpc) is 3.45. The maximum Gasteiger partial charge on any atom is 0.244 e. The summed E-state index contributed by atoms with van der Waals surface area (Å²) in [6.45, 7) is -0.579. The van der Waals surface area contributed by atoms with Gasteiger partial charge in [-0.2, -0.15) is 0 Å². The fourth-order valence-electron chi connectivity index (χ4n) is 5.01. The molecule has 1 saturated carbocycles. The molecule has 12 heteroatoms. The van der Waals surface area contributed by atoms with Crippen molar-refractivity contribution in [3.8, 4) is 0 Å². The zero-order chi connectivity index (χ0) is 30.4. The van der Waals surface area contributed by atoms with Gasteiger partial charge in [0.2, 0.25) is 21.8 Å². The predicted octanol–water partition coefficient (Wildman–Crippen LogP) is 6.77. The fourth-order valence-corrected chi connectivity index (χ4v) is 6.68. The molecule has 1 fully saturated rings. The van der Waals surface area contributed by atoms with E-state index in [1.54, 1.807) is 24.3 Å². The molecule has 4 rings (SSSR count). The van der Waals surface area contributed by atoms with Crippen LogP contribution in [0.15, 0.2) is 66.7 Å². The van der Waals surface area contributed by atoms with Gasteiger partial charge >= 0.3 is 0 Å². The smallest absolute Gasteiger partial charge is 0.244 e. The zero-order valence-electron chi connectivity index (χ0n) is 22.9. The Morgan fingerprint density at radius 3 is 2.12 bits per heavy atom. The third-order valence-electron chi connectivity index (χ3n) is 7.18. The van der Waals surface area contributed by atoms with Crippen LogP contribution in [-0.4, -0.2) is 50.0 Å². The van der Waals surface area contributed by atoms with Gasteiger partial charge in [-0.3, -0.25) is 13.9 Å². The number of anilines is 1. The molecular weight excluding hydrogens is 640 g/mol. The lowest BCUT2D eigenvalue weighted by Gasteiger charge is -2.34. The zero-order valence-corrected chi connectivity index (χ0v) is 26.7. The number of benzene rings is 3. The lowest BCUT2D eigenvalue weighted by Crippen LogP contribution is -2.54. The van der Waals surface area contributed by atoms with Crippen LogP contribution < -0.4 is 9.62 Å². The van der Waals surface area contributed by atoms with Gasteiger partial charge in [0.25, 0.3) is 0 Å². The van der Waals surface area contributed by atoms with E-state index < -0.39 is 28.5 Å². The summed E-state index contributed by atoms with van der Waals surface area (Å²) >= 11 is 24.7. The minimum absolute atomic E-state index is 0.00313. The molecule has 0 aliphatic heterocycles. The van der Waals surface area contributed by atoms with E-state index in [-0.39, 0.29) is 45.7 Å². The minimum Gasteiger partial charge on any atom is -0.352 e. The van der Waals surface area contributed by atoms with Crippen molar-refractivity contribution in [3.05, 3.63) is 97.9 Å². The van der Waals surface area contributed by atoms with Crippen LogP contribution >= 0.6 is 46.4 Å². The molecule has 0 spiro atoms. The summed E-state index contributed by atoms with van der Waals surface area (Å²) in [5.74, 6) is -0.897. The number of rotatable bonds is 11. The Hall–Kier alpha value is -2.49. The summed E-state index contributed by atoms with van der Waals surface area (Å²) < 4.78 is 26.8. The second kappa shape index (κ2) is 14.3. The van der Waals surface area contributed by atoms with Gasteiger partial charge < -0.3 is 10.2 Å². The van der Waals surface area contributed by atoms with Gasteiger partial charge in [-0.25, -0.2) is 8.42 Å². The van der Waals surface area contributed by atoms with E-state index in [1.165, 1.54) is 17.0 Å². The van der Waals surface area contributed by atoms with Crippen molar-refractivity contribution in [3.63, 3.8) is 0 Å². The van der Waals surface area contributed by atoms with Crippen LogP contribution in [0.1, 0.15) is 36.8 Å². The number of nitrogens with one attached hydrogen (secondary N) is 1. The summed E-state index contributed by atoms with van der Waals surface area (Å²) in [4.78, 5) is 29.5. The van der Waals surface area contributed by atoms with Crippen molar-refractivity contribution in [2.75, 3.05) is 17.1 Å². The number of carbonyl (C=O) groups excluding carboxylic acids is 2. The summed E-state index contributed by atoms with van der Waals surface area (Å²) in [6, 6.07) is 18.0. The van der Waals surface area contributed by atoms with E-state index in [0.29, 0.717) is 5.02 Å². The average molecular weight is 671 g/mol. The first-order valence-corrected chi connectivity index (χ1v) is 16.8. The molecular formula is C30H31Cl4N3O4S. The Balaban J connectivity index is 1.75. The quantitative estimate of drug-likeness (QED) is 0.228. The van der Waals surface area contributed by atoms with Crippen molar-refractivity contribution in [2.45, 2.75) is 50.7 Å². The molecule has 0 radical (unpaired) electrons. The number of carbonyl (C=O) groups is 2. The number of sulfonamides is 1. The van der Waals surface area contributed by atoms with Gasteiger partial charge in [0, 0.05) is 24.0 Å². The van der Waals surface area contributed by atoms with E-state index in [2.05, 4.69) is 5.32 Å². The molecule has 1 atom stereocenters. The van der Waals surface area contributed by atoms with Crippen LogP contribution in [0.5, 0.6) is 0 Å². The summed E-state index contributed by atoms with van der Waals surface area (Å²) in [5.41, 5.74) is 1.58. The first-order valence-electron chi connectivity index (χ1n) is 13.4. The lowest BCUT2D eigenvalue weighted by molar-refractivity contribution is -0.140. The number of hydrogen-bond donors (Lipinski definition) is 1. The monoisotopic (exact) mass is 669 g/mol. The number of halogens is 4. The normalized spacial score (nSPS) is 14.4. The molecule has 0 unspecified atom stereocenters. The molecule has 3 aromatic carbocycles. The van der Waals surface area contributed by atoms with Gasteiger partial charge in [-0.1, -0.05) is 102 Å². The van der Waals surface area contributed by atoms with Crippen molar-refractivity contribution in [1.82, 2.24) is 10.2 Å². The van der Waals surface area contributed by atoms with Gasteiger partial charge in [-0.15, -0.1) is 0 Å². The molecule has 1 aliphatic rings. The third kappa shape index (κ3) is 8.54. The van der Waals surface area contributed by atoms with Crippen LogP contribution in [0.4, 0.5) is 5.69 Å². The highest BCUT2D eigenvalue weighted by molar-refractivity contribution is 7.92. The van der Waals surface area contributed by atoms with Crippen LogP contribution in [-0.2, 0) is 32.6 Å². The summed E-state index contributed by atoms with van der Waals surface area (Å²) in [7, 11) is -4.02. The van der Waals surface area contributed by atoms with E-state index in [4.69, 9.17) is 46.4 Å². The molecule has 0 heterocycles. The Kier molecular flexibility index (Phi) is 11.1. The molecule has 224 valence electrons. The number of hydrogen-bond acceptors (Lipinski definition) is 4. The minimum atomic E-state index is -4.02. The predicted molar refractivity (Wildman–Crippen MR) is 170 cm³/mol. The van der Waals surface area contributed by atoms with Gasteiger partial charge in [0.1, 0.15) is 12.6 Å². The topological polar surface area (TPSA) is 86.8 Å². The van der Waals surface area contributed by atoms with E-state index in [1.807, 2.05) is 30.3 Å². The standard InChI is InChI=1S/C30H31Cl4N3O4S/c1-42(40,41)37(27-17-25(33)24(32)16-26(27)34)19-29(38)36(18-21-11-13-22(31)14-12-21)28(15-20-7-3-2-4-8-20)30(39)35-23-9-5-6-10-23/h2-4,7-8,11-14,16-17,23,28H,5-6,9-10,15,18-19H2,1H3,(H,35,39)/t28-/m1/s1.